The van der Waals surface area contributed by atoms with Crippen LogP contribution in [0.2, 0.25) is 0 Å². The number of carbonyl (C=O) groups excluding carboxylic acids is 1. The molecule has 3 aromatic rings. The molecule has 2 aliphatic rings. The number of alkyl halides is 3. The van der Waals surface area contributed by atoms with Gasteiger partial charge in [0.05, 0.1) is 17.7 Å². The minimum Gasteiger partial charge on any atom is -0.406 e. The topological polar surface area (TPSA) is 115 Å². The number of piperidine rings is 1. The number of benzene rings is 1. The van der Waals surface area contributed by atoms with Gasteiger partial charge in [-0.1, -0.05) is 0 Å². The quantitative estimate of drug-likeness (QED) is 0.524. The molecule has 0 saturated carbocycles. The maximum Gasteiger partial charge on any atom is 0.573 e. The van der Waals surface area contributed by atoms with Crippen LogP contribution in [0.4, 0.5) is 18.9 Å². The van der Waals surface area contributed by atoms with Crippen molar-refractivity contribution < 1.29 is 27.4 Å². The van der Waals surface area contributed by atoms with Crippen LogP contribution >= 0.6 is 0 Å². The highest BCUT2D eigenvalue weighted by molar-refractivity contribution is 5.99. The second-order valence-electron chi connectivity index (χ2n) is 9.17. The molecule has 4 heterocycles. The van der Waals surface area contributed by atoms with Crippen molar-refractivity contribution in [3.8, 4) is 5.75 Å². The van der Waals surface area contributed by atoms with Gasteiger partial charge in [0, 0.05) is 49.6 Å². The first-order valence-corrected chi connectivity index (χ1v) is 11.8. The number of fused-ring (bicyclic) bond motifs is 1. The largest absolute Gasteiger partial charge is 0.573 e. The van der Waals surface area contributed by atoms with Crippen LogP contribution in [0.3, 0.4) is 0 Å². The van der Waals surface area contributed by atoms with E-state index in [1.807, 2.05) is 6.07 Å². The van der Waals surface area contributed by atoms with E-state index >= 15 is 0 Å². The number of hydrogen-bond donors (Lipinski definition) is 2. The zero-order valence-corrected chi connectivity index (χ0v) is 19.4. The number of amides is 1. The van der Waals surface area contributed by atoms with E-state index in [1.165, 1.54) is 6.07 Å². The van der Waals surface area contributed by atoms with E-state index in [0.717, 1.165) is 42.7 Å². The molecule has 2 fully saturated rings. The summed E-state index contributed by atoms with van der Waals surface area (Å²) < 4.78 is 48.5. The molecule has 0 bridgehead atoms. The molecule has 36 heavy (non-hydrogen) atoms. The van der Waals surface area contributed by atoms with Crippen molar-refractivity contribution in [2.75, 3.05) is 32.0 Å². The summed E-state index contributed by atoms with van der Waals surface area (Å²) in [6.45, 7) is 2.13. The molecule has 5 rings (SSSR count). The molecule has 0 aliphatic carbocycles. The number of likely N-dealkylation sites (tertiary alicyclic amines) is 1. The number of nitrogens with two attached hydrogens (primary N) is 1. The van der Waals surface area contributed by atoms with Gasteiger partial charge in [0.15, 0.2) is 5.65 Å². The van der Waals surface area contributed by atoms with Gasteiger partial charge in [-0.25, -0.2) is 9.78 Å². The van der Waals surface area contributed by atoms with Crippen molar-refractivity contribution in [3.63, 3.8) is 0 Å². The predicted molar refractivity (Wildman–Crippen MR) is 125 cm³/mol. The Morgan fingerprint density at radius 2 is 1.97 bits per heavy atom. The first kappa shape index (κ1) is 24.2. The van der Waals surface area contributed by atoms with Crippen LogP contribution in [0.25, 0.3) is 11.2 Å². The molecule has 192 valence electrons. The molecular formula is C24H26F3N5O4. The number of imidazole rings is 1. The average Bonchev–Trinajstić information content (AvgIpc) is 3.18. The fraction of sp³-hybridized carbons (Fsp3) is 0.458. The number of carbonyl (C=O) groups is 1. The molecule has 9 nitrogen and oxygen atoms in total. The number of rotatable bonds is 4. The van der Waals surface area contributed by atoms with Crippen LogP contribution in [0.5, 0.6) is 5.75 Å². The van der Waals surface area contributed by atoms with E-state index in [4.69, 9.17) is 10.5 Å². The van der Waals surface area contributed by atoms with Crippen LogP contribution < -0.4 is 16.2 Å². The highest BCUT2D eigenvalue weighted by atomic mass is 19.4. The van der Waals surface area contributed by atoms with Crippen molar-refractivity contribution in [2.24, 2.45) is 0 Å². The summed E-state index contributed by atoms with van der Waals surface area (Å²) >= 11 is 0. The van der Waals surface area contributed by atoms with Gasteiger partial charge in [-0.15, -0.1) is 13.2 Å². The Bertz CT molecular complexity index is 1320. The number of aromatic amines is 1. The highest BCUT2D eigenvalue weighted by Gasteiger charge is 2.32. The lowest BCUT2D eigenvalue weighted by Crippen LogP contribution is -2.40. The van der Waals surface area contributed by atoms with Crippen molar-refractivity contribution in [1.29, 1.82) is 0 Å². The lowest BCUT2D eigenvalue weighted by Gasteiger charge is -2.33. The van der Waals surface area contributed by atoms with Gasteiger partial charge in [0.2, 0.25) is 0 Å². The minimum absolute atomic E-state index is 0.0954. The molecule has 3 N–H and O–H groups in total. The molecule has 2 aliphatic heterocycles. The highest BCUT2D eigenvalue weighted by Crippen LogP contribution is 2.31. The number of pyridine rings is 1. The van der Waals surface area contributed by atoms with E-state index in [2.05, 4.69) is 14.7 Å². The van der Waals surface area contributed by atoms with Gasteiger partial charge in [-0.2, -0.15) is 0 Å². The van der Waals surface area contributed by atoms with Crippen molar-refractivity contribution in [1.82, 2.24) is 19.4 Å². The Balaban J connectivity index is 1.30. The van der Waals surface area contributed by atoms with Crippen LogP contribution in [-0.2, 0) is 4.74 Å². The summed E-state index contributed by atoms with van der Waals surface area (Å²) in [5, 5.41) is 0. The number of nitrogens with one attached hydrogen (secondary N) is 1. The Labute approximate surface area is 204 Å². The van der Waals surface area contributed by atoms with Crippen LogP contribution in [0, 0.1) is 0 Å². The van der Waals surface area contributed by atoms with E-state index in [0.29, 0.717) is 38.2 Å². The summed E-state index contributed by atoms with van der Waals surface area (Å²) in [6.07, 6.45) is 0.00104. The van der Waals surface area contributed by atoms with Crippen LogP contribution in [-0.4, -0.2) is 58.0 Å². The third-order valence-corrected chi connectivity index (χ3v) is 6.83. The Morgan fingerprint density at radius 3 is 2.64 bits per heavy atom. The number of hydrogen-bond acceptors (Lipinski definition) is 6. The van der Waals surface area contributed by atoms with Gasteiger partial charge in [0.1, 0.15) is 5.75 Å². The summed E-state index contributed by atoms with van der Waals surface area (Å²) in [7, 11) is 0. The number of anilines is 1. The van der Waals surface area contributed by atoms with Crippen LogP contribution in [0.15, 0.2) is 35.3 Å². The Kier molecular flexibility index (Phi) is 6.37. The van der Waals surface area contributed by atoms with Gasteiger partial charge in [0.25, 0.3) is 5.91 Å². The third-order valence-electron chi connectivity index (χ3n) is 6.83. The SMILES string of the molecule is Nc1cc(OC(F)(F)F)ccc1C(=O)N1CCC(n2c(=O)[nH]c3ncc([C@H]4CCCOC4)cc32)CC1. The minimum atomic E-state index is -4.85. The smallest absolute Gasteiger partial charge is 0.406 e. The molecule has 0 unspecified atom stereocenters. The molecule has 2 aromatic heterocycles. The molecule has 1 aromatic carbocycles. The second kappa shape index (κ2) is 9.49. The predicted octanol–water partition coefficient (Wildman–Crippen LogP) is 3.58. The lowest BCUT2D eigenvalue weighted by molar-refractivity contribution is -0.274. The maximum atomic E-state index is 13.0. The third kappa shape index (κ3) is 4.90. The monoisotopic (exact) mass is 505 g/mol. The molecule has 1 atom stereocenters. The molecule has 12 heteroatoms. The average molecular weight is 505 g/mol. The maximum absolute atomic E-state index is 13.0. The molecular weight excluding hydrogens is 479 g/mol. The number of aromatic nitrogens is 3. The Morgan fingerprint density at radius 1 is 1.19 bits per heavy atom. The van der Waals surface area contributed by atoms with Gasteiger partial charge < -0.3 is 20.1 Å². The zero-order chi connectivity index (χ0) is 25.4. The molecule has 0 radical (unpaired) electrons. The van der Waals surface area contributed by atoms with Crippen molar-refractivity contribution in [2.45, 2.75) is 44.0 Å². The summed E-state index contributed by atoms with van der Waals surface area (Å²) in [6, 6.07) is 5.16. The van der Waals surface area contributed by atoms with Crippen LogP contribution in [0.1, 0.15) is 53.6 Å². The molecule has 1 amide bonds. The Hall–Kier alpha value is -3.54. The lowest BCUT2D eigenvalue weighted by atomic mass is 9.95. The summed E-state index contributed by atoms with van der Waals surface area (Å²) in [5.41, 5.74) is 7.91. The molecule has 2 saturated heterocycles. The fourth-order valence-corrected chi connectivity index (χ4v) is 5.04. The van der Waals surface area contributed by atoms with E-state index in [9.17, 15) is 22.8 Å². The number of nitrogen functional groups attached to an aromatic ring is 1. The molecule has 0 spiro atoms. The fourth-order valence-electron chi connectivity index (χ4n) is 5.04. The standard InChI is InChI=1S/C24H26F3N5O4/c25-24(26,27)36-17-3-4-18(19(28)11-17)22(33)31-7-5-16(6-8-31)32-20-10-15(14-2-1-9-35-13-14)12-29-21(20)30-23(32)34/h3-4,10-12,14,16H,1-2,5-9,13,28H2,(H,29,30,34)/t14-/m0/s1. The number of ether oxygens (including phenoxy) is 2. The normalized spacial score (nSPS) is 19.5. The van der Waals surface area contributed by atoms with Crippen molar-refractivity contribution >= 4 is 22.8 Å². The zero-order valence-electron chi connectivity index (χ0n) is 19.4. The number of nitrogens with zero attached hydrogens (tertiary/aromatic N) is 3. The number of halogens is 3. The first-order chi connectivity index (χ1) is 17.2. The number of H-pyrrole nitrogens is 1. The van der Waals surface area contributed by atoms with Crippen molar-refractivity contribution in [3.05, 3.63) is 52.1 Å². The van der Waals surface area contributed by atoms with Gasteiger partial charge >= 0.3 is 12.1 Å². The second-order valence-corrected chi connectivity index (χ2v) is 9.17. The summed E-state index contributed by atoms with van der Waals surface area (Å²) in [4.78, 5) is 34.7. The first-order valence-electron chi connectivity index (χ1n) is 11.8. The van der Waals surface area contributed by atoms with Gasteiger partial charge in [-0.05, 0) is 49.4 Å². The summed E-state index contributed by atoms with van der Waals surface area (Å²) in [5.74, 6) is -0.620. The van der Waals surface area contributed by atoms with Gasteiger partial charge in [-0.3, -0.25) is 14.3 Å². The van der Waals surface area contributed by atoms with E-state index in [-0.39, 0.29) is 34.8 Å². The van der Waals surface area contributed by atoms with E-state index in [1.54, 1.807) is 15.7 Å². The van der Waals surface area contributed by atoms with E-state index < -0.39 is 12.1 Å².